The molecule has 0 radical (unpaired) electrons. The number of rotatable bonds is 2. The van der Waals surface area contributed by atoms with E-state index in [-0.39, 0.29) is 0 Å². The van der Waals surface area contributed by atoms with Crippen molar-refractivity contribution in [1.82, 2.24) is 0 Å². The van der Waals surface area contributed by atoms with Crippen molar-refractivity contribution >= 4 is 5.97 Å². The molecule has 0 rings (SSSR count). The molecule has 18 heavy (non-hydrogen) atoms. The monoisotopic (exact) mass is 290 g/mol. The summed E-state index contributed by atoms with van der Waals surface area (Å²) in [6, 6.07) is 0. The smallest absolute Gasteiger partial charge is 0.420 e. The van der Waals surface area contributed by atoms with Crippen LogP contribution in [0.15, 0.2) is 23.6 Å². The molecular formula is C7H3F9O2. The number of allylic oxidation sites excluding steroid dienone is 1. The third kappa shape index (κ3) is 7.57. The fourth-order valence-electron chi connectivity index (χ4n) is 0.314. The predicted octanol–water partition coefficient (Wildman–Crippen LogP) is 3.82. The summed E-state index contributed by atoms with van der Waals surface area (Å²) in [5.74, 6) is -4.64. The minimum Gasteiger partial charge on any atom is -0.476 e. The maximum atomic E-state index is 11.2. The van der Waals surface area contributed by atoms with Gasteiger partial charge in [0, 0.05) is 0 Å². The molecule has 0 unspecified atom stereocenters. The minimum absolute atomic E-state index is 2.19. The zero-order valence-corrected chi connectivity index (χ0v) is 7.96. The molecule has 0 aliphatic heterocycles. The molecule has 0 amide bonds. The number of alkyl halides is 4. The van der Waals surface area contributed by atoms with Gasteiger partial charge in [0.15, 0.2) is 0 Å². The quantitative estimate of drug-likeness (QED) is 0.620. The van der Waals surface area contributed by atoms with Crippen LogP contribution in [0.25, 0.3) is 0 Å². The first-order valence-electron chi connectivity index (χ1n) is 3.56. The van der Waals surface area contributed by atoms with Crippen LogP contribution in [0.3, 0.4) is 0 Å². The summed E-state index contributed by atoms with van der Waals surface area (Å²) in [5, 5.41) is 7.44. The molecule has 0 fully saturated rings. The number of hydrogen-bond donors (Lipinski definition) is 1. The van der Waals surface area contributed by atoms with Gasteiger partial charge < -0.3 is 5.11 Å². The molecule has 0 saturated heterocycles. The molecule has 0 saturated carbocycles. The maximum Gasteiger partial charge on any atom is 0.420 e. The Morgan fingerprint density at radius 2 is 1.33 bits per heavy atom. The van der Waals surface area contributed by atoms with Crippen LogP contribution < -0.4 is 0 Å². The first-order valence-corrected chi connectivity index (χ1v) is 3.56. The highest BCUT2D eigenvalue weighted by molar-refractivity contribution is 5.84. The largest absolute Gasteiger partial charge is 0.476 e. The first kappa shape index (κ1) is 18.7. The lowest BCUT2D eigenvalue weighted by molar-refractivity contribution is -0.134. The number of halogens is 9. The summed E-state index contributed by atoms with van der Waals surface area (Å²) in [6.45, 7) is -2.19. The van der Waals surface area contributed by atoms with Crippen molar-refractivity contribution in [2.24, 2.45) is 0 Å². The highest BCUT2D eigenvalue weighted by Gasteiger charge is 2.37. The second-order valence-corrected chi connectivity index (χ2v) is 2.25. The average molecular weight is 290 g/mol. The van der Waals surface area contributed by atoms with Crippen LogP contribution in [-0.2, 0) is 4.79 Å². The van der Waals surface area contributed by atoms with Crippen molar-refractivity contribution in [3.8, 4) is 0 Å². The van der Waals surface area contributed by atoms with Crippen LogP contribution >= 0.6 is 0 Å². The lowest BCUT2D eigenvalue weighted by atomic mass is 10.3. The van der Waals surface area contributed by atoms with Crippen molar-refractivity contribution in [2.75, 3.05) is 6.67 Å². The molecule has 0 heterocycles. The first-order chi connectivity index (χ1) is 7.95. The van der Waals surface area contributed by atoms with Crippen LogP contribution in [0.2, 0.25) is 0 Å². The second kappa shape index (κ2) is 7.61. The highest BCUT2D eigenvalue weighted by Crippen LogP contribution is 2.29. The third-order valence-electron chi connectivity index (χ3n) is 1.06. The lowest BCUT2D eigenvalue weighted by Crippen LogP contribution is -2.14. The maximum absolute atomic E-state index is 11.2. The van der Waals surface area contributed by atoms with Crippen molar-refractivity contribution in [1.29, 1.82) is 0 Å². The molecule has 0 aromatic carbocycles. The molecule has 0 aromatic heterocycles. The van der Waals surface area contributed by atoms with Gasteiger partial charge in [-0.3, -0.25) is 0 Å². The molecule has 106 valence electrons. The van der Waals surface area contributed by atoms with Gasteiger partial charge in [0.2, 0.25) is 0 Å². The Balaban J connectivity index is 0. The normalized spacial score (nSPS) is 10.1. The summed E-state index contributed by atoms with van der Waals surface area (Å²) >= 11 is 0. The summed E-state index contributed by atoms with van der Waals surface area (Å²) in [5.41, 5.74) is -2.41. The van der Waals surface area contributed by atoms with Gasteiger partial charge in [0.25, 0.3) is 11.9 Å². The standard InChI is InChI=1S/C4H2F6.C3HF3O2/c5-1-2(3(6)7)4(8,9)10;4-1(2(5)6)3(7)8/h1H2;(H,7,8). The van der Waals surface area contributed by atoms with E-state index >= 15 is 0 Å². The topological polar surface area (TPSA) is 37.3 Å². The van der Waals surface area contributed by atoms with Gasteiger partial charge in [-0.15, -0.1) is 0 Å². The average Bonchev–Trinajstić information content (AvgIpc) is 2.15. The van der Waals surface area contributed by atoms with E-state index in [9.17, 15) is 44.3 Å². The van der Waals surface area contributed by atoms with Crippen LogP contribution in [0.5, 0.6) is 0 Å². The van der Waals surface area contributed by atoms with Gasteiger partial charge in [-0.25, -0.2) is 9.18 Å². The SMILES string of the molecule is FCC(=C(F)F)C(F)(F)F.O=C(O)C(F)=C(F)F. The minimum atomic E-state index is -5.26. The zero-order valence-electron chi connectivity index (χ0n) is 7.96. The summed E-state index contributed by atoms with van der Waals surface area (Å²) in [7, 11) is 0. The molecular weight excluding hydrogens is 287 g/mol. The molecule has 0 aliphatic rings. The Morgan fingerprint density at radius 3 is 1.33 bits per heavy atom. The van der Waals surface area contributed by atoms with Gasteiger partial charge in [-0.2, -0.15) is 35.1 Å². The summed E-state index contributed by atoms with van der Waals surface area (Å²) < 4.78 is 99.7. The molecule has 2 nitrogen and oxygen atoms in total. The van der Waals surface area contributed by atoms with E-state index in [1.54, 1.807) is 0 Å². The molecule has 0 aliphatic carbocycles. The second-order valence-electron chi connectivity index (χ2n) is 2.25. The number of carboxylic acid groups (broad SMARTS) is 1. The Morgan fingerprint density at radius 1 is 0.944 bits per heavy atom. The van der Waals surface area contributed by atoms with E-state index in [0.717, 1.165) is 0 Å². The van der Waals surface area contributed by atoms with Gasteiger partial charge >= 0.3 is 18.2 Å². The number of hydrogen-bond acceptors (Lipinski definition) is 1. The number of carbonyl (C=O) groups is 1. The fraction of sp³-hybridized carbons (Fsp3) is 0.286. The summed E-state index contributed by atoms with van der Waals surface area (Å²) in [4.78, 5) is 9.23. The molecule has 0 atom stereocenters. The van der Waals surface area contributed by atoms with E-state index in [0.29, 0.717) is 0 Å². The van der Waals surface area contributed by atoms with E-state index in [1.165, 1.54) is 0 Å². The molecule has 1 N–H and O–H groups in total. The Labute approximate surface area is 93.0 Å². The van der Waals surface area contributed by atoms with Crippen LogP contribution in [0.1, 0.15) is 0 Å². The van der Waals surface area contributed by atoms with Crippen LogP contribution in [-0.4, -0.2) is 23.9 Å². The van der Waals surface area contributed by atoms with E-state index in [2.05, 4.69) is 0 Å². The van der Waals surface area contributed by atoms with Gasteiger partial charge in [-0.05, 0) is 0 Å². The van der Waals surface area contributed by atoms with Crippen molar-refractivity contribution in [3.63, 3.8) is 0 Å². The number of aliphatic carboxylic acids is 1. The predicted molar refractivity (Wildman–Crippen MR) is 39.3 cm³/mol. The molecule has 0 bridgehead atoms. The van der Waals surface area contributed by atoms with Crippen molar-refractivity contribution in [2.45, 2.75) is 6.18 Å². The van der Waals surface area contributed by atoms with Gasteiger partial charge in [0.05, 0.1) is 0 Å². The lowest BCUT2D eigenvalue weighted by Gasteiger charge is -2.04. The van der Waals surface area contributed by atoms with E-state index in [4.69, 9.17) is 5.11 Å². The van der Waals surface area contributed by atoms with Crippen LogP contribution in [0, 0.1) is 0 Å². The Kier molecular flexibility index (Phi) is 7.90. The molecule has 0 spiro atoms. The highest BCUT2D eigenvalue weighted by atomic mass is 19.4. The van der Waals surface area contributed by atoms with E-state index < -0.39 is 42.4 Å². The molecule has 11 heteroatoms. The van der Waals surface area contributed by atoms with Gasteiger partial charge in [-0.1, -0.05) is 0 Å². The zero-order chi connectivity index (χ0) is 15.1. The van der Waals surface area contributed by atoms with Gasteiger partial charge in [0.1, 0.15) is 12.2 Å². The fourth-order valence-corrected chi connectivity index (χ4v) is 0.314. The van der Waals surface area contributed by atoms with Crippen molar-refractivity contribution < 1.29 is 49.4 Å². The van der Waals surface area contributed by atoms with E-state index in [1.807, 2.05) is 0 Å². The van der Waals surface area contributed by atoms with Crippen LogP contribution in [0.4, 0.5) is 39.5 Å². The Bertz CT molecular complexity index is 346. The molecule has 0 aromatic rings. The number of carboxylic acids is 1. The third-order valence-corrected chi connectivity index (χ3v) is 1.06. The Hall–Kier alpha value is -1.68. The summed E-state index contributed by atoms with van der Waals surface area (Å²) in [6.07, 6.45) is -11.1. The van der Waals surface area contributed by atoms with Crippen molar-refractivity contribution in [3.05, 3.63) is 23.6 Å².